The zero-order chi connectivity index (χ0) is 19.8. The average molecular weight is 383 g/mol. The standard InChI is InChI=1S/C18H20F3N3O3/c1-3-17(18(19,20)21)11-23(8-9-27-17)16(26)14-10-15(25)24(22-14)13-6-4-12(2)5-7-13/h4-7,10,22H,3,8-9,11H2,1-2H3. The van der Waals surface area contributed by atoms with Gasteiger partial charge in [-0.2, -0.15) is 13.2 Å². The minimum atomic E-state index is -4.60. The van der Waals surface area contributed by atoms with Crippen LogP contribution in [-0.2, 0) is 4.74 Å². The SMILES string of the molecule is CCC1(C(F)(F)F)CN(C(=O)c2cc(=O)n(-c3ccc(C)cc3)[nH]2)CCO1. The van der Waals surface area contributed by atoms with Gasteiger partial charge in [-0.05, 0) is 25.5 Å². The van der Waals surface area contributed by atoms with Gasteiger partial charge in [-0.3, -0.25) is 14.7 Å². The topological polar surface area (TPSA) is 67.3 Å². The Morgan fingerprint density at radius 2 is 1.96 bits per heavy atom. The van der Waals surface area contributed by atoms with E-state index in [4.69, 9.17) is 4.74 Å². The first-order chi connectivity index (χ1) is 12.7. The Kier molecular flexibility index (Phi) is 4.90. The number of aromatic nitrogens is 2. The summed E-state index contributed by atoms with van der Waals surface area (Å²) in [6.07, 6.45) is -4.90. The summed E-state index contributed by atoms with van der Waals surface area (Å²) in [5, 5.41) is 2.69. The number of nitrogens with one attached hydrogen (secondary N) is 1. The number of amides is 1. The van der Waals surface area contributed by atoms with Gasteiger partial charge >= 0.3 is 6.18 Å². The summed E-state index contributed by atoms with van der Waals surface area (Å²) < 4.78 is 46.5. The maximum Gasteiger partial charge on any atom is 0.419 e. The van der Waals surface area contributed by atoms with Gasteiger partial charge in [0.15, 0.2) is 5.60 Å². The minimum absolute atomic E-state index is 0.0222. The van der Waals surface area contributed by atoms with Crippen molar-refractivity contribution in [2.24, 2.45) is 0 Å². The molecule has 1 fully saturated rings. The Morgan fingerprint density at radius 3 is 2.56 bits per heavy atom. The van der Waals surface area contributed by atoms with Gasteiger partial charge in [0, 0.05) is 12.6 Å². The van der Waals surface area contributed by atoms with Gasteiger partial charge in [-0.25, -0.2) is 4.68 Å². The second kappa shape index (κ2) is 6.88. The monoisotopic (exact) mass is 383 g/mol. The van der Waals surface area contributed by atoms with Crippen molar-refractivity contribution >= 4 is 5.91 Å². The first kappa shape index (κ1) is 19.2. The van der Waals surface area contributed by atoms with E-state index in [0.29, 0.717) is 5.69 Å². The highest BCUT2D eigenvalue weighted by molar-refractivity contribution is 5.92. The Labute approximate surface area is 153 Å². The quantitative estimate of drug-likeness (QED) is 0.886. The molecule has 0 radical (unpaired) electrons. The molecule has 0 spiro atoms. The zero-order valence-electron chi connectivity index (χ0n) is 15.0. The van der Waals surface area contributed by atoms with E-state index in [1.807, 2.05) is 19.1 Å². The number of carbonyl (C=O) groups is 1. The molecule has 1 unspecified atom stereocenters. The number of morpholine rings is 1. The fraction of sp³-hybridized carbons (Fsp3) is 0.444. The predicted molar refractivity (Wildman–Crippen MR) is 92.1 cm³/mol. The number of carbonyl (C=O) groups excluding carboxylic acids is 1. The number of H-pyrrole nitrogens is 1. The van der Waals surface area contributed by atoms with Gasteiger partial charge in [0.25, 0.3) is 11.5 Å². The summed E-state index contributed by atoms with van der Waals surface area (Å²) in [6.45, 7) is 2.46. The highest BCUT2D eigenvalue weighted by Gasteiger charge is 2.57. The molecule has 1 saturated heterocycles. The van der Waals surface area contributed by atoms with Gasteiger partial charge in [0.05, 0.1) is 18.8 Å². The summed E-state index contributed by atoms with van der Waals surface area (Å²) in [6, 6.07) is 8.14. The van der Waals surface area contributed by atoms with E-state index in [-0.39, 0.29) is 25.3 Å². The number of hydrogen-bond acceptors (Lipinski definition) is 3. The molecule has 2 heterocycles. The first-order valence-corrected chi connectivity index (χ1v) is 8.56. The first-order valence-electron chi connectivity index (χ1n) is 8.56. The van der Waals surface area contributed by atoms with E-state index in [2.05, 4.69) is 5.10 Å². The van der Waals surface area contributed by atoms with Crippen molar-refractivity contribution in [2.45, 2.75) is 32.0 Å². The van der Waals surface area contributed by atoms with Crippen LogP contribution in [0.2, 0.25) is 0 Å². The van der Waals surface area contributed by atoms with Crippen LogP contribution in [0.25, 0.3) is 5.69 Å². The van der Waals surface area contributed by atoms with Crippen LogP contribution in [0.4, 0.5) is 13.2 Å². The molecule has 1 amide bonds. The third kappa shape index (κ3) is 3.51. The zero-order valence-corrected chi connectivity index (χ0v) is 15.0. The van der Waals surface area contributed by atoms with E-state index < -0.39 is 29.8 Å². The summed E-state index contributed by atoms with van der Waals surface area (Å²) in [5.41, 5.74) is -1.38. The molecule has 6 nitrogen and oxygen atoms in total. The molecule has 0 saturated carbocycles. The van der Waals surface area contributed by atoms with E-state index in [1.165, 1.54) is 11.6 Å². The second-order valence-corrected chi connectivity index (χ2v) is 6.60. The molecule has 1 aromatic heterocycles. The molecule has 1 aliphatic heterocycles. The molecule has 146 valence electrons. The number of halogens is 3. The summed E-state index contributed by atoms with van der Waals surface area (Å²) in [5.74, 6) is -0.664. The van der Waals surface area contributed by atoms with Crippen molar-refractivity contribution in [1.29, 1.82) is 0 Å². The maximum absolute atomic E-state index is 13.4. The summed E-state index contributed by atoms with van der Waals surface area (Å²) >= 11 is 0. The van der Waals surface area contributed by atoms with Crippen LogP contribution in [0.5, 0.6) is 0 Å². The maximum atomic E-state index is 13.4. The summed E-state index contributed by atoms with van der Waals surface area (Å²) in [4.78, 5) is 26.0. The minimum Gasteiger partial charge on any atom is -0.362 e. The van der Waals surface area contributed by atoms with E-state index in [0.717, 1.165) is 16.5 Å². The molecule has 0 bridgehead atoms. The fourth-order valence-electron chi connectivity index (χ4n) is 3.10. The third-order valence-corrected chi connectivity index (χ3v) is 4.80. The van der Waals surface area contributed by atoms with Crippen molar-refractivity contribution in [3.05, 3.63) is 51.9 Å². The van der Waals surface area contributed by atoms with E-state index in [1.54, 1.807) is 12.1 Å². The van der Waals surface area contributed by atoms with Gasteiger partial charge < -0.3 is 9.64 Å². The number of hydrogen-bond donors (Lipinski definition) is 1. The number of aromatic amines is 1. The highest BCUT2D eigenvalue weighted by atomic mass is 19.4. The molecule has 1 atom stereocenters. The predicted octanol–water partition coefficient (Wildman–Crippen LogP) is 2.66. The van der Waals surface area contributed by atoms with E-state index >= 15 is 0 Å². The lowest BCUT2D eigenvalue weighted by Crippen LogP contribution is -2.60. The molecule has 1 aliphatic rings. The molecule has 3 rings (SSSR count). The number of aryl methyl sites for hydroxylation is 1. The van der Waals surface area contributed by atoms with Gasteiger partial charge in [0.2, 0.25) is 0 Å². The van der Waals surface area contributed by atoms with Crippen molar-refractivity contribution < 1.29 is 22.7 Å². The Hall–Kier alpha value is -2.55. The summed E-state index contributed by atoms with van der Waals surface area (Å²) in [7, 11) is 0. The van der Waals surface area contributed by atoms with Crippen LogP contribution in [0, 0.1) is 6.92 Å². The Morgan fingerprint density at radius 1 is 1.30 bits per heavy atom. The molecular formula is C18H20F3N3O3. The van der Waals surface area contributed by atoms with Crippen LogP contribution < -0.4 is 5.56 Å². The average Bonchev–Trinajstić information content (AvgIpc) is 3.02. The number of benzene rings is 1. The second-order valence-electron chi connectivity index (χ2n) is 6.60. The highest BCUT2D eigenvalue weighted by Crippen LogP contribution is 2.39. The van der Waals surface area contributed by atoms with Crippen LogP contribution in [0.15, 0.2) is 35.1 Å². The van der Waals surface area contributed by atoms with Crippen molar-refractivity contribution in [1.82, 2.24) is 14.7 Å². The van der Waals surface area contributed by atoms with Crippen molar-refractivity contribution in [3.8, 4) is 5.69 Å². The number of rotatable bonds is 3. The van der Waals surface area contributed by atoms with Crippen LogP contribution in [-0.4, -0.2) is 52.1 Å². The van der Waals surface area contributed by atoms with E-state index in [9.17, 15) is 22.8 Å². The third-order valence-electron chi connectivity index (χ3n) is 4.80. The molecule has 0 aliphatic carbocycles. The Bertz CT molecular complexity index is 886. The van der Waals surface area contributed by atoms with Crippen LogP contribution in [0.1, 0.15) is 29.4 Å². The van der Waals surface area contributed by atoms with Crippen LogP contribution in [0.3, 0.4) is 0 Å². The van der Waals surface area contributed by atoms with Crippen LogP contribution >= 0.6 is 0 Å². The number of ether oxygens (including phenoxy) is 1. The normalized spacial score (nSPS) is 20.7. The molecule has 27 heavy (non-hydrogen) atoms. The molecule has 1 aromatic carbocycles. The van der Waals surface area contributed by atoms with Gasteiger partial charge in [-0.1, -0.05) is 24.6 Å². The lowest BCUT2D eigenvalue weighted by atomic mass is 9.97. The van der Waals surface area contributed by atoms with Crippen molar-refractivity contribution in [2.75, 3.05) is 19.7 Å². The van der Waals surface area contributed by atoms with Crippen molar-refractivity contribution in [3.63, 3.8) is 0 Å². The number of alkyl halides is 3. The Balaban J connectivity index is 1.87. The fourth-order valence-corrected chi connectivity index (χ4v) is 3.10. The lowest BCUT2D eigenvalue weighted by molar-refractivity contribution is -0.293. The molecule has 2 aromatic rings. The lowest BCUT2D eigenvalue weighted by Gasteiger charge is -2.42. The van der Waals surface area contributed by atoms with Gasteiger partial charge in [0.1, 0.15) is 5.69 Å². The molecule has 9 heteroatoms. The smallest absolute Gasteiger partial charge is 0.362 e. The molecule has 1 N–H and O–H groups in total. The number of nitrogens with zero attached hydrogens (tertiary/aromatic N) is 2. The largest absolute Gasteiger partial charge is 0.419 e. The molecular weight excluding hydrogens is 363 g/mol. The van der Waals surface area contributed by atoms with Gasteiger partial charge in [-0.15, -0.1) is 0 Å².